The Morgan fingerprint density at radius 3 is 2.50 bits per heavy atom. The molecule has 2 aromatic heterocycles. The molecule has 0 unspecified atom stereocenters. The number of nitrogens with one attached hydrogen (secondary N) is 3. The van der Waals surface area contributed by atoms with E-state index in [1.54, 1.807) is 12.3 Å². The van der Waals surface area contributed by atoms with Crippen LogP contribution in [0, 0.1) is 15.5 Å². The number of nitro benzene ring substituents is 1. The molecular weight excluding hydrogens is 1100 g/mol. The van der Waals surface area contributed by atoms with E-state index in [9.17, 15) is 37.7 Å². The van der Waals surface area contributed by atoms with Crippen LogP contribution in [0.15, 0.2) is 77.8 Å². The third kappa shape index (κ3) is 11.1. The molecule has 2 saturated carbocycles. The van der Waals surface area contributed by atoms with Crippen molar-refractivity contribution in [1.82, 2.24) is 19.6 Å². The zero-order valence-electron chi connectivity index (χ0n) is 46.1. The van der Waals surface area contributed by atoms with Gasteiger partial charge in [0.2, 0.25) is 5.88 Å². The van der Waals surface area contributed by atoms with E-state index in [0.29, 0.717) is 55.2 Å². The molecule has 7 heterocycles. The molecule has 1 amide bonds. The van der Waals surface area contributed by atoms with Crippen molar-refractivity contribution in [3.63, 3.8) is 0 Å². The number of para-hydroxylation sites is 1. The summed E-state index contributed by atoms with van der Waals surface area (Å²) in [5, 5.41) is 16.4. The first-order valence-electron chi connectivity index (χ1n) is 28.4. The molecule has 2 aliphatic carbocycles. The number of piperidine rings is 1. The van der Waals surface area contributed by atoms with Crippen LogP contribution in [-0.4, -0.2) is 138 Å². The summed E-state index contributed by atoms with van der Waals surface area (Å²) < 4.78 is 95.3. The van der Waals surface area contributed by atoms with Gasteiger partial charge in [0, 0.05) is 67.2 Å². The molecule has 0 radical (unpaired) electrons. The van der Waals surface area contributed by atoms with Gasteiger partial charge in [0.05, 0.1) is 70.7 Å². The van der Waals surface area contributed by atoms with Crippen LogP contribution in [0.3, 0.4) is 0 Å². The average molecular weight is 1170 g/mol. The Bertz CT molecular complexity index is 3420. The molecule has 0 bridgehead atoms. The van der Waals surface area contributed by atoms with Gasteiger partial charge >= 0.3 is 7.82 Å². The number of anilines is 4. The first kappa shape index (κ1) is 56.4. The number of benzene rings is 3. The second-order valence-corrected chi connectivity index (χ2v) is 26.6. The van der Waals surface area contributed by atoms with Crippen LogP contribution in [0.25, 0.3) is 11.0 Å². The summed E-state index contributed by atoms with van der Waals surface area (Å²) in [6.07, 6.45) is 7.60. The van der Waals surface area contributed by atoms with Crippen LogP contribution >= 0.6 is 7.82 Å². The highest BCUT2D eigenvalue weighted by atomic mass is 32.2. The van der Waals surface area contributed by atoms with Gasteiger partial charge in [-0.1, -0.05) is 24.6 Å². The second kappa shape index (κ2) is 21.8. The monoisotopic (exact) mass is 1170 g/mol. The average Bonchev–Trinajstić information content (AvgIpc) is 1.96. The van der Waals surface area contributed by atoms with Crippen molar-refractivity contribution in [2.24, 2.45) is 5.41 Å². The number of morpholine rings is 1. The van der Waals surface area contributed by atoms with Crippen LogP contribution in [0.1, 0.15) is 113 Å². The SMILES string of the molecule is CC(C)Oc1ccccc1[C@@H]1COCCN1[C@H]1CCCC2(CCN(c3ccc(C(=O)NS(=O)(=O)c4cc5c(c([N+](=O)[O-])c4)N[C@H](C4(F)CCC(C)(OP(=O)(O)O)CC4)CO5)c(N4c5cc6cc[nH]c6nc5O[C@H]5COCC[C@@H]54)c3)CC2)C1. The van der Waals surface area contributed by atoms with Gasteiger partial charge in [-0.2, -0.15) is 4.98 Å². The molecule has 22 nitrogen and oxygen atoms in total. The van der Waals surface area contributed by atoms with E-state index < -0.39 is 62.7 Å². The van der Waals surface area contributed by atoms with Gasteiger partial charge in [-0.25, -0.2) is 22.1 Å². The number of hydrogen-bond acceptors (Lipinski definition) is 17. The number of carbonyl (C=O) groups excluding carboxylic acids is 1. The molecule has 5 atom stereocenters. The maximum absolute atomic E-state index is 16.7. The molecule has 5 fully saturated rings. The van der Waals surface area contributed by atoms with E-state index >= 15 is 4.39 Å². The number of nitrogens with zero attached hydrogens (tertiary/aromatic N) is 5. The number of halogens is 1. The molecule has 1 spiro atoms. The first-order valence-corrected chi connectivity index (χ1v) is 31.4. The highest BCUT2D eigenvalue weighted by Gasteiger charge is 2.51. The van der Waals surface area contributed by atoms with Gasteiger partial charge in [-0.3, -0.25) is 24.3 Å². The maximum atomic E-state index is 16.7. The molecular formula is C57H70FN8O14PS. The molecule has 7 aliphatic rings. The zero-order valence-corrected chi connectivity index (χ0v) is 47.8. The number of sulfonamides is 1. The van der Waals surface area contributed by atoms with Gasteiger partial charge in [0.1, 0.15) is 35.5 Å². The van der Waals surface area contributed by atoms with Crippen molar-refractivity contribution in [1.29, 1.82) is 0 Å². The Morgan fingerprint density at radius 2 is 1.73 bits per heavy atom. The second-order valence-electron chi connectivity index (χ2n) is 23.7. The summed E-state index contributed by atoms with van der Waals surface area (Å²) in [6.45, 7) is 9.50. The number of nitro groups is 1. The van der Waals surface area contributed by atoms with Gasteiger partial charge in [-0.05, 0) is 127 Å². The number of fused-ring (bicyclic) bond motifs is 4. The third-order valence-corrected chi connectivity index (χ3v) is 20.1. The van der Waals surface area contributed by atoms with Gasteiger partial charge in [-0.15, -0.1) is 0 Å². The predicted molar refractivity (Wildman–Crippen MR) is 301 cm³/mol. The number of H-pyrrole nitrogens is 1. The van der Waals surface area contributed by atoms with Gasteiger partial charge in [0.25, 0.3) is 21.6 Å². The minimum absolute atomic E-state index is 0.0138. The number of phosphoric acid groups is 1. The number of ether oxygens (including phenoxy) is 5. The third-order valence-electron chi connectivity index (χ3n) is 18.1. The fourth-order valence-corrected chi connectivity index (χ4v) is 15.6. The molecule has 25 heteroatoms. The topological polar surface area (TPSA) is 270 Å². The van der Waals surface area contributed by atoms with E-state index in [0.717, 1.165) is 92.7 Å². The summed E-state index contributed by atoms with van der Waals surface area (Å²) in [7, 11) is -9.76. The highest BCUT2D eigenvalue weighted by Crippen LogP contribution is 2.53. The number of hydrogen-bond donors (Lipinski definition) is 5. The minimum Gasteiger partial charge on any atom is -0.491 e. The Kier molecular flexibility index (Phi) is 15.0. The lowest BCUT2D eigenvalue weighted by molar-refractivity contribution is -0.384. The summed E-state index contributed by atoms with van der Waals surface area (Å²) in [5.41, 5.74) is -0.605. The molecule has 5 aromatic rings. The molecule has 440 valence electrons. The number of alkyl halides is 1. The van der Waals surface area contributed by atoms with E-state index in [4.69, 9.17) is 33.2 Å². The van der Waals surface area contributed by atoms with E-state index in [1.807, 2.05) is 49.1 Å². The van der Waals surface area contributed by atoms with E-state index in [-0.39, 0.29) is 79.5 Å². The summed E-state index contributed by atoms with van der Waals surface area (Å²) in [6, 6.07) is 18.4. The summed E-state index contributed by atoms with van der Waals surface area (Å²) in [4.78, 5) is 60.1. The first-order chi connectivity index (χ1) is 39.2. The highest BCUT2D eigenvalue weighted by molar-refractivity contribution is 7.90. The van der Waals surface area contributed by atoms with Crippen LogP contribution in [0.2, 0.25) is 0 Å². The van der Waals surface area contributed by atoms with Crippen molar-refractivity contribution in [2.45, 2.75) is 144 Å². The van der Waals surface area contributed by atoms with Crippen LogP contribution in [-0.2, 0) is 28.6 Å². The maximum Gasteiger partial charge on any atom is 0.470 e. The summed E-state index contributed by atoms with van der Waals surface area (Å²) >= 11 is 0. The minimum atomic E-state index is -4.88. The molecule has 3 aromatic carbocycles. The zero-order chi connectivity index (χ0) is 57.3. The summed E-state index contributed by atoms with van der Waals surface area (Å²) in [5.74, 6) is -0.0321. The lowest BCUT2D eigenvalue weighted by Gasteiger charge is -2.51. The van der Waals surface area contributed by atoms with Crippen molar-refractivity contribution < 1.29 is 65.1 Å². The fraction of sp³-hybridized carbons (Fsp3) is 0.544. The number of pyridine rings is 1. The van der Waals surface area contributed by atoms with Crippen LogP contribution in [0.4, 0.5) is 32.8 Å². The molecule has 82 heavy (non-hydrogen) atoms. The van der Waals surface area contributed by atoms with Crippen LogP contribution in [0.5, 0.6) is 17.4 Å². The standard InChI is InChI=1S/C57H70FN8O14PS/c1-35(2)78-47-9-5-4-8-40(47)46-32-76-26-24-64(46)38-7-6-14-56(31-38)19-22-63(23-20-56)37-10-11-41(43(28-37)65-42-13-25-75-33-49(42)79-54-45(65)27-36-12-21-59-52(36)61-54)53(67)62-82(73,74)39-29-44(66(68)69)51-48(30-39)77-34-50(60-51)57(58)17-15-55(3,16-18-57)80-81(70,71)72/h4-5,8-12,21,27-30,35,38,42,46,49-50,60H,6-7,13-20,22-26,31-34H2,1-3H3,(H,59,61)(H,62,67)(H2,70,71,72)/t38-,42-,46-,49-,50-,55?,57?/m0/s1. The quantitative estimate of drug-likeness (QED) is 0.0418. The smallest absolute Gasteiger partial charge is 0.470 e. The lowest BCUT2D eigenvalue weighted by Crippen LogP contribution is -2.53. The number of rotatable bonds is 13. The number of carbonyl (C=O) groups is 1. The van der Waals surface area contributed by atoms with Crippen LogP contribution < -0.4 is 34.0 Å². The fourth-order valence-electron chi connectivity index (χ4n) is 13.9. The van der Waals surface area contributed by atoms with E-state index in [1.165, 1.54) is 6.92 Å². The number of phosphoric ester groups is 1. The Labute approximate surface area is 474 Å². The largest absolute Gasteiger partial charge is 0.491 e. The number of amides is 1. The molecule has 5 aliphatic heterocycles. The number of aromatic amines is 1. The Balaban J connectivity index is 0.827. The molecule has 12 rings (SSSR count). The lowest BCUT2D eigenvalue weighted by atomic mass is 9.66. The van der Waals surface area contributed by atoms with Gasteiger partial charge in [0.15, 0.2) is 11.4 Å². The van der Waals surface area contributed by atoms with Crippen molar-refractivity contribution in [3.8, 4) is 17.4 Å². The van der Waals surface area contributed by atoms with Crippen molar-refractivity contribution >= 4 is 63.2 Å². The number of aromatic nitrogens is 2. The predicted octanol–water partition coefficient (Wildman–Crippen LogP) is 8.99. The molecule has 3 saturated heterocycles. The Morgan fingerprint density at radius 1 is 0.951 bits per heavy atom. The Hall–Kier alpha value is -6.11. The van der Waals surface area contributed by atoms with Crippen molar-refractivity contribution in [3.05, 3.63) is 94.2 Å². The van der Waals surface area contributed by atoms with Crippen molar-refractivity contribution in [2.75, 3.05) is 67.8 Å². The van der Waals surface area contributed by atoms with Gasteiger partial charge < -0.3 is 53.6 Å². The van der Waals surface area contributed by atoms with E-state index in [2.05, 4.69) is 43.0 Å². The molecule has 5 N–H and O–H groups in total. The normalized spacial score (nSPS) is 27.6.